The molecule has 1 aromatic rings. The fraction of sp³-hybridized carbons (Fsp3) is 0.500. The van der Waals surface area contributed by atoms with Gasteiger partial charge in [0.2, 0.25) is 0 Å². The van der Waals surface area contributed by atoms with Crippen LogP contribution in [0.25, 0.3) is 0 Å². The molecule has 0 spiro atoms. The highest BCUT2D eigenvalue weighted by atomic mass is 19.1. The molecule has 2 nitrogen and oxygen atoms in total. The van der Waals surface area contributed by atoms with Crippen LogP contribution in [-0.2, 0) is 0 Å². The van der Waals surface area contributed by atoms with Gasteiger partial charge >= 0.3 is 0 Å². The van der Waals surface area contributed by atoms with Crippen LogP contribution in [0.3, 0.4) is 0 Å². The molecule has 2 rings (SSSR count). The van der Waals surface area contributed by atoms with Crippen molar-refractivity contribution in [1.29, 1.82) is 5.26 Å². The van der Waals surface area contributed by atoms with Crippen LogP contribution >= 0.6 is 0 Å². The van der Waals surface area contributed by atoms with Gasteiger partial charge in [0.25, 0.3) is 0 Å². The average Bonchev–Trinajstić information content (AvgIpc) is 2.30. The molecule has 0 bridgehead atoms. The first-order chi connectivity index (χ1) is 8.07. The van der Waals surface area contributed by atoms with E-state index in [1.165, 1.54) is 6.07 Å². The van der Waals surface area contributed by atoms with Crippen molar-refractivity contribution in [3.05, 3.63) is 30.1 Å². The maximum Gasteiger partial charge on any atom is 0.146 e. The minimum absolute atomic E-state index is 0.0455. The molecule has 1 aliphatic rings. The van der Waals surface area contributed by atoms with Gasteiger partial charge < -0.3 is 4.90 Å². The Balaban J connectivity index is 2.39. The molecule has 1 atom stereocenters. The third kappa shape index (κ3) is 2.00. The van der Waals surface area contributed by atoms with E-state index in [1.807, 2.05) is 24.8 Å². The average molecular weight is 232 g/mol. The first-order valence-electron chi connectivity index (χ1n) is 5.99. The summed E-state index contributed by atoms with van der Waals surface area (Å²) in [5, 5.41) is 9.19. The number of para-hydroxylation sites is 1. The van der Waals surface area contributed by atoms with Crippen molar-refractivity contribution in [2.45, 2.75) is 32.2 Å². The van der Waals surface area contributed by atoms with Crippen molar-refractivity contribution in [3.63, 3.8) is 0 Å². The van der Waals surface area contributed by atoms with Gasteiger partial charge in [0.1, 0.15) is 5.82 Å². The molecule has 0 saturated carbocycles. The predicted molar refractivity (Wildman–Crippen MR) is 66.2 cm³/mol. The zero-order valence-electron chi connectivity index (χ0n) is 10.3. The molecular weight excluding hydrogens is 215 g/mol. The molecule has 1 heterocycles. The molecule has 0 N–H and O–H groups in total. The van der Waals surface area contributed by atoms with Crippen LogP contribution in [0.4, 0.5) is 10.1 Å². The van der Waals surface area contributed by atoms with Gasteiger partial charge in [0.05, 0.1) is 23.2 Å². The molecule has 1 saturated heterocycles. The summed E-state index contributed by atoms with van der Waals surface area (Å²) in [6, 6.07) is 9.14. The molecule has 3 heteroatoms. The first-order valence-corrected chi connectivity index (χ1v) is 5.99. The minimum atomic E-state index is -0.310. The lowest BCUT2D eigenvalue weighted by Gasteiger charge is -2.47. The van der Waals surface area contributed by atoms with Crippen LogP contribution < -0.4 is 4.90 Å². The van der Waals surface area contributed by atoms with Crippen molar-refractivity contribution < 1.29 is 4.39 Å². The van der Waals surface area contributed by atoms with E-state index >= 15 is 0 Å². The monoisotopic (exact) mass is 232 g/mol. The zero-order valence-corrected chi connectivity index (χ0v) is 10.3. The Labute approximate surface area is 102 Å². The van der Waals surface area contributed by atoms with E-state index in [0.717, 1.165) is 19.4 Å². The van der Waals surface area contributed by atoms with Crippen LogP contribution in [-0.4, -0.2) is 12.1 Å². The topological polar surface area (TPSA) is 27.0 Å². The van der Waals surface area contributed by atoms with Gasteiger partial charge in [-0.1, -0.05) is 12.1 Å². The maximum absolute atomic E-state index is 13.8. The number of benzene rings is 1. The number of hydrogen-bond donors (Lipinski definition) is 0. The quantitative estimate of drug-likeness (QED) is 0.742. The Hall–Kier alpha value is -1.56. The minimum Gasteiger partial charge on any atom is -0.363 e. The normalized spacial score (nSPS) is 23.2. The smallest absolute Gasteiger partial charge is 0.146 e. The maximum atomic E-state index is 13.8. The summed E-state index contributed by atoms with van der Waals surface area (Å²) in [6.45, 7) is 4.85. The predicted octanol–water partition coefficient (Wildman–Crippen LogP) is 3.34. The molecule has 90 valence electrons. The van der Waals surface area contributed by atoms with Gasteiger partial charge in [-0.25, -0.2) is 4.39 Å². The summed E-state index contributed by atoms with van der Waals surface area (Å²) in [4.78, 5) is 2.03. The van der Waals surface area contributed by atoms with Gasteiger partial charge in [-0.05, 0) is 38.8 Å². The fourth-order valence-corrected chi connectivity index (χ4v) is 2.61. The van der Waals surface area contributed by atoms with Crippen molar-refractivity contribution >= 4 is 5.69 Å². The summed E-state index contributed by atoms with van der Waals surface area (Å²) in [5.74, 6) is -0.255. The van der Waals surface area contributed by atoms with Gasteiger partial charge in [-0.3, -0.25) is 0 Å². The van der Waals surface area contributed by atoms with Gasteiger partial charge in [0, 0.05) is 6.54 Å². The molecule has 1 aliphatic heterocycles. The van der Waals surface area contributed by atoms with Gasteiger partial charge in [-0.15, -0.1) is 0 Å². The van der Waals surface area contributed by atoms with E-state index in [2.05, 4.69) is 6.07 Å². The summed E-state index contributed by atoms with van der Waals surface area (Å²) >= 11 is 0. The van der Waals surface area contributed by atoms with Gasteiger partial charge in [0.15, 0.2) is 0 Å². The number of piperidine rings is 1. The van der Waals surface area contributed by atoms with Crippen LogP contribution in [0.5, 0.6) is 0 Å². The number of nitrogens with zero attached hydrogens (tertiary/aromatic N) is 2. The van der Waals surface area contributed by atoms with Crippen molar-refractivity contribution in [1.82, 2.24) is 0 Å². The Morgan fingerprint density at radius 3 is 2.76 bits per heavy atom. The fourth-order valence-electron chi connectivity index (χ4n) is 2.61. The number of anilines is 1. The number of nitriles is 1. The number of rotatable bonds is 1. The highest BCUT2D eigenvalue weighted by Crippen LogP contribution is 2.37. The van der Waals surface area contributed by atoms with Crippen LogP contribution in [0, 0.1) is 23.1 Å². The van der Waals surface area contributed by atoms with E-state index < -0.39 is 0 Å². The molecule has 0 aliphatic carbocycles. The number of hydrogen-bond acceptors (Lipinski definition) is 2. The van der Waals surface area contributed by atoms with Crippen molar-refractivity contribution in [2.75, 3.05) is 11.4 Å². The van der Waals surface area contributed by atoms with Crippen molar-refractivity contribution in [2.24, 2.45) is 5.92 Å². The summed E-state index contributed by atoms with van der Waals surface area (Å²) in [7, 11) is 0. The second-order valence-corrected chi connectivity index (χ2v) is 5.08. The van der Waals surface area contributed by atoms with E-state index in [0.29, 0.717) is 5.69 Å². The molecule has 1 unspecified atom stereocenters. The van der Waals surface area contributed by atoms with Gasteiger partial charge in [-0.2, -0.15) is 5.26 Å². The Morgan fingerprint density at radius 1 is 1.41 bits per heavy atom. The van der Waals surface area contributed by atoms with Crippen LogP contribution in [0.15, 0.2) is 24.3 Å². The van der Waals surface area contributed by atoms with Crippen LogP contribution in [0.2, 0.25) is 0 Å². The second kappa shape index (κ2) is 4.37. The highest BCUT2D eigenvalue weighted by Gasteiger charge is 2.39. The third-order valence-electron chi connectivity index (χ3n) is 3.72. The molecule has 0 amide bonds. The Kier molecular flexibility index (Phi) is 3.06. The molecular formula is C14H17FN2. The van der Waals surface area contributed by atoms with E-state index in [1.54, 1.807) is 12.1 Å². The first kappa shape index (κ1) is 11.9. The SMILES string of the molecule is CC1(C)C(C#N)CCCN1c1ccccc1F. The molecule has 17 heavy (non-hydrogen) atoms. The van der Waals surface area contributed by atoms with Crippen LogP contribution in [0.1, 0.15) is 26.7 Å². The summed E-state index contributed by atoms with van der Waals surface area (Å²) < 4.78 is 13.8. The Morgan fingerprint density at radius 2 is 2.12 bits per heavy atom. The number of halogens is 1. The Bertz CT molecular complexity index is 448. The summed E-state index contributed by atoms with van der Waals surface area (Å²) in [6.07, 6.45) is 1.84. The lowest BCUT2D eigenvalue weighted by molar-refractivity contribution is 0.290. The second-order valence-electron chi connectivity index (χ2n) is 5.08. The zero-order chi connectivity index (χ0) is 12.5. The lowest BCUT2D eigenvalue weighted by Crippen LogP contribution is -2.53. The third-order valence-corrected chi connectivity index (χ3v) is 3.72. The highest BCUT2D eigenvalue weighted by molar-refractivity contribution is 5.51. The largest absolute Gasteiger partial charge is 0.363 e. The molecule has 1 fully saturated rings. The lowest BCUT2D eigenvalue weighted by atomic mass is 9.79. The van der Waals surface area contributed by atoms with Crippen molar-refractivity contribution in [3.8, 4) is 6.07 Å². The van der Waals surface area contributed by atoms with E-state index in [9.17, 15) is 9.65 Å². The standard InChI is InChI=1S/C14H17FN2/c1-14(2)11(10-16)6-5-9-17(14)13-8-4-3-7-12(13)15/h3-4,7-8,11H,5-6,9H2,1-2H3. The molecule has 1 aromatic carbocycles. The summed E-state index contributed by atoms with van der Waals surface area (Å²) in [5.41, 5.74) is 0.298. The van der Waals surface area contributed by atoms with E-state index in [4.69, 9.17) is 0 Å². The molecule has 0 aromatic heterocycles. The van der Waals surface area contributed by atoms with E-state index in [-0.39, 0.29) is 17.3 Å². The molecule has 0 radical (unpaired) electrons.